The van der Waals surface area contributed by atoms with Gasteiger partial charge >= 0.3 is 5.97 Å². The summed E-state index contributed by atoms with van der Waals surface area (Å²) in [5.74, 6) is -1.19. The number of hydrogen-bond acceptors (Lipinski definition) is 3. The second-order valence-corrected chi connectivity index (χ2v) is 5.87. The quantitative estimate of drug-likeness (QED) is 0.701. The number of carbonyl (C=O) groups excluding carboxylic acids is 1. The summed E-state index contributed by atoms with van der Waals surface area (Å²) in [6, 6.07) is 5.56. The molecule has 5 nitrogen and oxygen atoms in total. The van der Waals surface area contributed by atoms with Crippen molar-refractivity contribution in [3.05, 3.63) is 28.2 Å². The Morgan fingerprint density at radius 1 is 1.29 bits per heavy atom. The molecule has 0 atom stereocenters. The number of amides is 1. The van der Waals surface area contributed by atoms with E-state index in [1.54, 1.807) is 19.9 Å². The molecule has 0 spiro atoms. The lowest BCUT2D eigenvalue weighted by Gasteiger charge is -2.27. The van der Waals surface area contributed by atoms with Crippen molar-refractivity contribution in [1.82, 2.24) is 5.32 Å². The van der Waals surface area contributed by atoms with Crippen LogP contribution < -0.4 is 10.6 Å². The minimum absolute atomic E-state index is 0.0382. The van der Waals surface area contributed by atoms with E-state index < -0.39 is 11.5 Å². The standard InChI is InChI=1S/C15H21BrN2O3/c1-4-15(5-2,14(20)21)17-9-13(19)18-12-7-6-11(16)8-10(12)3/h6-8,17H,4-5,9H2,1-3H3,(H,18,19)(H,20,21). The summed E-state index contributed by atoms with van der Waals surface area (Å²) in [6.45, 7) is 5.44. The number of aliphatic carboxylic acids is 1. The molecular formula is C15H21BrN2O3. The van der Waals surface area contributed by atoms with Crippen LogP contribution in [0.3, 0.4) is 0 Å². The highest BCUT2D eigenvalue weighted by molar-refractivity contribution is 9.10. The minimum Gasteiger partial charge on any atom is -0.480 e. The summed E-state index contributed by atoms with van der Waals surface area (Å²) in [4.78, 5) is 23.3. The predicted octanol–water partition coefficient (Wildman–Crippen LogP) is 2.93. The van der Waals surface area contributed by atoms with Crippen LogP contribution in [0.25, 0.3) is 0 Å². The molecule has 1 amide bonds. The first-order valence-electron chi connectivity index (χ1n) is 6.89. The van der Waals surface area contributed by atoms with E-state index in [2.05, 4.69) is 26.6 Å². The maximum atomic E-state index is 12.0. The molecule has 0 heterocycles. The van der Waals surface area contributed by atoms with Crippen LogP contribution in [-0.2, 0) is 9.59 Å². The average molecular weight is 357 g/mol. The third-order valence-electron chi connectivity index (χ3n) is 3.67. The van der Waals surface area contributed by atoms with E-state index in [-0.39, 0.29) is 12.5 Å². The van der Waals surface area contributed by atoms with Crippen LogP contribution in [0.15, 0.2) is 22.7 Å². The zero-order valence-electron chi connectivity index (χ0n) is 12.5. The number of aryl methyl sites for hydroxylation is 1. The first kappa shape index (κ1) is 17.7. The van der Waals surface area contributed by atoms with Crippen LogP contribution in [0.2, 0.25) is 0 Å². The Morgan fingerprint density at radius 3 is 2.38 bits per heavy atom. The summed E-state index contributed by atoms with van der Waals surface area (Å²) in [5.41, 5.74) is 0.610. The molecule has 0 saturated carbocycles. The zero-order valence-corrected chi connectivity index (χ0v) is 14.1. The molecule has 6 heteroatoms. The Balaban J connectivity index is 2.67. The number of hydrogen-bond donors (Lipinski definition) is 3. The summed E-state index contributed by atoms with van der Waals surface area (Å²) in [6.07, 6.45) is 0.840. The molecule has 1 rings (SSSR count). The van der Waals surface area contributed by atoms with Crippen LogP contribution in [0.5, 0.6) is 0 Å². The first-order chi connectivity index (χ1) is 9.84. The molecule has 0 unspecified atom stereocenters. The van der Waals surface area contributed by atoms with Gasteiger partial charge in [-0.1, -0.05) is 29.8 Å². The molecule has 0 bridgehead atoms. The number of carboxylic acid groups (broad SMARTS) is 1. The van der Waals surface area contributed by atoms with Gasteiger partial charge in [-0.3, -0.25) is 14.9 Å². The second kappa shape index (κ2) is 7.56. The van der Waals surface area contributed by atoms with Crippen molar-refractivity contribution in [2.45, 2.75) is 39.2 Å². The van der Waals surface area contributed by atoms with Gasteiger partial charge in [0, 0.05) is 10.2 Å². The van der Waals surface area contributed by atoms with Crippen LogP contribution in [0.1, 0.15) is 32.3 Å². The van der Waals surface area contributed by atoms with E-state index in [0.29, 0.717) is 12.8 Å². The summed E-state index contributed by atoms with van der Waals surface area (Å²) >= 11 is 3.36. The number of rotatable bonds is 7. The molecule has 21 heavy (non-hydrogen) atoms. The van der Waals surface area contributed by atoms with Gasteiger partial charge < -0.3 is 10.4 Å². The van der Waals surface area contributed by atoms with Gasteiger partial charge in [-0.25, -0.2) is 0 Å². The molecule has 0 radical (unpaired) electrons. The molecule has 0 aromatic heterocycles. The minimum atomic E-state index is -1.05. The number of carbonyl (C=O) groups is 2. The summed E-state index contributed by atoms with van der Waals surface area (Å²) in [7, 11) is 0. The Labute approximate surface area is 133 Å². The van der Waals surface area contributed by atoms with Gasteiger partial charge in [-0.05, 0) is 43.5 Å². The molecule has 0 aliphatic rings. The van der Waals surface area contributed by atoms with Gasteiger partial charge in [-0.2, -0.15) is 0 Å². The molecular weight excluding hydrogens is 336 g/mol. The van der Waals surface area contributed by atoms with Crippen LogP contribution >= 0.6 is 15.9 Å². The number of carboxylic acids is 1. The average Bonchev–Trinajstić information content (AvgIpc) is 2.43. The van der Waals surface area contributed by atoms with Gasteiger partial charge in [-0.15, -0.1) is 0 Å². The summed E-state index contributed by atoms with van der Waals surface area (Å²) < 4.78 is 0.943. The molecule has 0 fully saturated rings. The molecule has 0 aliphatic carbocycles. The molecule has 1 aromatic carbocycles. The van der Waals surface area contributed by atoms with Crippen LogP contribution in [0.4, 0.5) is 5.69 Å². The highest BCUT2D eigenvalue weighted by atomic mass is 79.9. The molecule has 1 aromatic rings. The van der Waals surface area contributed by atoms with Crippen molar-refractivity contribution >= 4 is 33.5 Å². The number of nitrogens with one attached hydrogen (secondary N) is 2. The van der Waals surface area contributed by atoms with Crippen molar-refractivity contribution in [3.8, 4) is 0 Å². The normalized spacial score (nSPS) is 11.2. The number of anilines is 1. The van der Waals surface area contributed by atoms with Crippen molar-refractivity contribution in [2.75, 3.05) is 11.9 Å². The van der Waals surface area contributed by atoms with E-state index in [1.165, 1.54) is 0 Å². The van der Waals surface area contributed by atoms with Crippen LogP contribution in [0, 0.1) is 6.92 Å². The first-order valence-corrected chi connectivity index (χ1v) is 7.68. The smallest absolute Gasteiger partial charge is 0.323 e. The fourth-order valence-corrected chi connectivity index (χ4v) is 2.56. The number of benzene rings is 1. The largest absolute Gasteiger partial charge is 0.480 e. The van der Waals surface area contributed by atoms with Crippen molar-refractivity contribution in [1.29, 1.82) is 0 Å². The van der Waals surface area contributed by atoms with Gasteiger partial charge in [0.05, 0.1) is 6.54 Å². The van der Waals surface area contributed by atoms with E-state index in [9.17, 15) is 14.7 Å². The van der Waals surface area contributed by atoms with Gasteiger partial charge in [0.25, 0.3) is 0 Å². The highest BCUT2D eigenvalue weighted by Crippen LogP contribution is 2.20. The Kier molecular flexibility index (Phi) is 6.36. The van der Waals surface area contributed by atoms with E-state index in [1.807, 2.05) is 19.1 Å². The van der Waals surface area contributed by atoms with Gasteiger partial charge in [0.15, 0.2) is 0 Å². The lowest BCUT2D eigenvalue weighted by Crippen LogP contribution is -2.53. The van der Waals surface area contributed by atoms with E-state index in [4.69, 9.17) is 0 Å². The molecule has 0 aliphatic heterocycles. The Bertz CT molecular complexity index is 528. The molecule has 0 saturated heterocycles. The third-order valence-corrected chi connectivity index (χ3v) is 4.16. The lowest BCUT2D eigenvalue weighted by molar-refractivity contribution is -0.145. The van der Waals surface area contributed by atoms with Gasteiger partial charge in [0.2, 0.25) is 5.91 Å². The molecule has 3 N–H and O–H groups in total. The number of halogens is 1. The molecule has 116 valence electrons. The Hall–Kier alpha value is -1.40. The third kappa shape index (κ3) is 4.54. The highest BCUT2D eigenvalue weighted by Gasteiger charge is 2.34. The fraction of sp³-hybridized carbons (Fsp3) is 0.467. The summed E-state index contributed by atoms with van der Waals surface area (Å²) in [5, 5.41) is 14.9. The van der Waals surface area contributed by atoms with Crippen molar-refractivity contribution in [3.63, 3.8) is 0 Å². The van der Waals surface area contributed by atoms with Gasteiger partial charge in [0.1, 0.15) is 5.54 Å². The monoisotopic (exact) mass is 356 g/mol. The fourth-order valence-electron chi connectivity index (χ4n) is 2.09. The topological polar surface area (TPSA) is 78.4 Å². The van der Waals surface area contributed by atoms with Crippen molar-refractivity contribution in [2.24, 2.45) is 0 Å². The van der Waals surface area contributed by atoms with Crippen LogP contribution in [-0.4, -0.2) is 29.1 Å². The zero-order chi connectivity index (χ0) is 16.0. The van der Waals surface area contributed by atoms with E-state index in [0.717, 1.165) is 15.7 Å². The van der Waals surface area contributed by atoms with Crippen molar-refractivity contribution < 1.29 is 14.7 Å². The maximum Gasteiger partial charge on any atom is 0.323 e. The Morgan fingerprint density at radius 2 is 1.90 bits per heavy atom. The SMILES string of the molecule is CCC(CC)(NCC(=O)Nc1ccc(Br)cc1C)C(=O)O. The maximum absolute atomic E-state index is 12.0. The lowest BCUT2D eigenvalue weighted by atomic mass is 9.93. The van der Waals surface area contributed by atoms with E-state index >= 15 is 0 Å². The second-order valence-electron chi connectivity index (χ2n) is 4.96. The predicted molar refractivity (Wildman–Crippen MR) is 86.5 cm³/mol.